The van der Waals surface area contributed by atoms with Gasteiger partial charge in [0.15, 0.2) is 5.16 Å². The number of hydrogen-bond donors (Lipinski definition) is 2. The van der Waals surface area contributed by atoms with Crippen LogP contribution in [-0.4, -0.2) is 27.1 Å². The smallest absolute Gasteiger partial charge is 0.269 e. The highest BCUT2D eigenvalue weighted by Crippen LogP contribution is 2.22. The molecule has 7 heteroatoms. The first kappa shape index (κ1) is 17.8. The molecular formula is C19H18N4O2S. The highest BCUT2D eigenvalue weighted by atomic mass is 32.2. The molecule has 0 aliphatic rings. The Hall–Kier alpha value is -3.06. The zero-order valence-corrected chi connectivity index (χ0v) is 15.0. The van der Waals surface area contributed by atoms with Gasteiger partial charge in [-0.2, -0.15) is 0 Å². The summed E-state index contributed by atoms with van der Waals surface area (Å²) in [6.45, 7) is 2.02. The van der Waals surface area contributed by atoms with E-state index in [1.54, 1.807) is 30.5 Å². The lowest BCUT2D eigenvalue weighted by atomic mass is 10.2. The second-order valence-corrected chi connectivity index (χ2v) is 6.47. The Morgan fingerprint density at radius 3 is 2.54 bits per heavy atom. The van der Waals surface area contributed by atoms with E-state index in [0.717, 1.165) is 11.3 Å². The van der Waals surface area contributed by atoms with Gasteiger partial charge in [0.05, 0.1) is 11.4 Å². The molecule has 0 unspecified atom stereocenters. The first-order valence-electron chi connectivity index (χ1n) is 8.01. The van der Waals surface area contributed by atoms with E-state index in [0.29, 0.717) is 10.7 Å². The summed E-state index contributed by atoms with van der Waals surface area (Å²) >= 11 is 1.30. The zero-order valence-electron chi connectivity index (χ0n) is 14.2. The van der Waals surface area contributed by atoms with Gasteiger partial charge in [-0.05, 0) is 30.7 Å². The number of para-hydroxylation sites is 1. The maximum absolute atomic E-state index is 12.0. The Morgan fingerprint density at radius 2 is 1.77 bits per heavy atom. The van der Waals surface area contributed by atoms with E-state index in [2.05, 4.69) is 15.8 Å². The van der Waals surface area contributed by atoms with Crippen molar-refractivity contribution in [2.45, 2.75) is 12.1 Å². The topological polar surface area (TPSA) is 76.0 Å². The van der Waals surface area contributed by atoms with Crippen LogP contribution in [0.4, 0.5) is 0 Å². The first-order chi connectivity index (χ1) is 12.6. The summed E-state index contributed by atoms with van der Waals surface area (Å²) in [4.78, 5) is 28.2. The van der Waals surface area contributed by atoms with Gasteiger partial charge in [0.1, 0.15) is 0 Å². The normalized spacial score (nSPS) is 10.3. The molecule has 26 heavy (non-hydrogen) atoms. The summed E-state index contributed by atoms with van der Waals surface area (Å²) in [5, 5.41) is 0.712. The van der Waals surface area contributed by atoms with Crippen molar-refractivity contribution in [1.82, 2.24) is 20.4 Å². The van der Waals surface area contributed by atoms with Crippen molar-refractivity contribution in [2.75, 3.05) is 5.75 Å². The number of imidazole rings is 1. The van der Waals surface area contributed by atoms with Crippen LogP contribution in [0.2, 0.25) is 0 Å². The van der Waals surface area contributed by atoms with Crippen molar-refractivity contribution in [3.8, 4) is 5.69 Å². The number of amides is 2. The molecule has 3 rings (SSSR count). The maximum atomic E-state index is 12.0. The van der Waals surface area contributed by atoms with Crippen LogP contribution in [0.5, 0.6) is 0 Å². The van der Waals surface area contributed by atoms with Gasteiger partial charge in [-0.25, -0.2) is 4.98 Å². The summed E-state index contributed by atoms with van der Waals surface area (Å²) < 4.78 is 1.94. The highest BCUT2D eigenvalue weighted by Gasteiger charge is 2.11. The van der Waals surface area contributed by atoms with Crippen LogP contribution in [0.15, 0.2) is 72.1 Å². The number of aryl methyl sites for hydroxylation is 1. The Kier molecular flexibility index (Phi) is 5.70. The fourth-order valence-electron chi connectivity index (χ4n) is 2.37. The molecule has 0 radical (unpaired) electrons. The first-order valence-corrected chi connectivity index (χ1v) is 9.00. The molecule has 0 saturated carbocycles. The number of rotatable bonds is 5. The molecule has 0 spiro atoms. The maximum Gasteiger partial charge on any atom is 0.269 e. The van der Waals surface area contributed by atoms with Crippen LogP contribution in [-0.2, 0) is 4.79 Å². The van der Waals surface area contributed by atoms with Gasteiger partial charge in [-0.1, -0.05) is 48.2 Å². The summed E-state index contributed by atoms with van der Waals surface area (Å²) in [6.07, 6.45) is 3.56. The number of hydrogen-bond acceptors (Lipinski definition) is 4. The SMILES string of the molecule is Cc1ccccc1-n1ccnc1SCC(=O)NNC(=O)c1ccccc1. The Balaban J connectivity index is 1.55. The lowest BCUT2D eigenvalue weighted by molar-refractivity contribution is -0.119. The summed E-state index contributed by atoms with van der Waals surface area (Å²) in [6, 6.07) is 16.7. The molecule has 0 aliphatic carbocycles. The minimum absolute atomic E-state index is 0.137. The number of benzene rings is 2. The standard InChI is InChI=1S/C19H18N4O2S/c1-14-7-5-6-10-16(14)23-12-11-20-19(23)26-13-17(24)21-22-18(25)15-8-3-2-4-9-15/h2-12H,13H2,1H3,(H,21,24)(H,22,25). The van der Waals surface area contributed by atoms with Crippen LogP contribution < -0.4 is 10.9 Å². The molecular weight excluding hydrogens is 348 g/mol. The molecule has 2 amide bonds. The van der Waals surface area contributed by atoms with Gasteiger partial charge >= 0.3 is 0 Å². The molecule has 0 fully saturated rings. The van der Waals surface area contributed by atoms with Crippen molar-refractivity contribution in [1.29, 1.82) is 0 Å². The quantitative estimate of drug-likeness (QED) is 0.538. The minimum atomic E-state index is -0.356. The number of aromatic nitrogens is 2. The van der Waals surface area contributed by atoms with Crippen LogP contribution >= 0.6 is 11.8 Å². The molecule has 2 N–H and O–H groups in total. The minimum Gasteiger partial charge on any atom is -0.295 e. The predicted octanol–water partition coefficient (Wildman–Crippen LogP) is 2.73. The summed E-state index contributed by atoms with van der Waals surface area (Å²) in [5.41, 5.74) is 7.44. The third-order valence-corrected chi connectivity index (χ3v) is 4.63. The second kappa shape index (κ2) is 8.35. The number of thioether (sulfide) groups is 1. The molecule has 0 saturated heterocycles. The van der Waals surface area contributed by atoms with Crippen LogP contribution in [0.3, 0.4) is 0 Å². The monoisotopic (exact) mass is 366 g/mol. The molecule has 0 bridgehead atoms. The van der Waals surface area contributed by atoms with E-state index in [-0.39, 0.29) is 17.6 Å². The second-order valence-electron chi connectivity index (χ2n) is 5.52. The Bertz CT molecular complexity index is 909. The molecule has 3 aromatic rings. The number of carbonyl (C=O) groups is 2. The van der Waals surface area contributed by atoms with Crippen molar-refractivity contribution in [3.63, 3.8) is 0 Å². The fourth-order valence-corrected chi connectivity index (χ4v) is 3.13. The van der Waals surface area contributed by atoms with E-state index in [9.17, 15) is 9.59 Å². The predicted molar refractivity (Wildman–Crippen MR) is 101 cm³/mol. The van der Waals surface area contributed by atoms with Crippen molar-refractivity contribution < 1.29 is 9.59 Å². The summed E-state index contributed by atoms with van der Waals surface area (Å²) in [5.74, 6) is -0.526. The molecule has 132 valence electrons. The largest absolute Gasteiger partial charge is 0.295 e. The average Bonchev–Trinajstić information content (AvgIpc) is 3.14. The molecule has 0 aliphatic heterocycles. The lowest BCUT2D eigenvalue weighted by Crippen LogP contribution is -2.42. The zero-order chi connectivity index (χ0) is 18.4. The van der Waals surface area contributed by atoms with Crippen LogP contribution in [0, 0.1) is 6.92 Å². The van der Waals surface area contributed by atoms with Crippen LogP contribution in [0.25, 0.3) is 5.69 Å². The fraction of sp³-hybridized carbons (Fsp3) is 0.105. The average molecular weight is 366 g/mol. The highest BCUT2D eigenvalue weighted by molar-refractivity contribution is 7.99. The number of hydrazine groups is 1. The van der Waals surface area contributed by atoms with Gasteiger partial charge in [0.25, 0.3) is 5.91 Å². The van der Waals surface area contributed by atoms with Gasteiger partial charge in [-0.3, -0.25) is 25.0 Å². The molecule has 6 nitrogen and oxygen atoms in total. The molecule has 0 atom stereocenters. The molecule has 2 aromatic carbocycles. The van der Waals surface area contributed by atoms with Gasteiger partial charge in [0.2, 0.25) is 5.91 Å². The van der Waals surface area contributed by atoms with E-state index in [4.69, 9.17) is 0 Å². The van der Waals surface area contributed by atoms with E-state index >= 15 is 0 Å². The number of nitrogens with zero attached hydrogens (tertiary/aromatic N) is 2. The number of nitrogens with one attached hydrogen (secondary N) is 2. The third kappa shape index (κ3) is 4.31. The van der Waals surface area contributed by atoms with Crippen molar-refractivity contribution in [2.24, 2.45) is 0 Å². The van der Waals surface area contributed by atoms with Gasteiger partial charge < -0.3 is 0 Å². The van der Waals surface area contributed by atoms with Crippen molar-refractivity contribution >= 4 is 23.6 Å². The molecule has 1 heterocycles. The van der Waals surface area contributed by atoms with E-state index in [1.807, 2.05) is 48.0 Å². The third-order valence-electron chi connectivity index (χ3n) is 3.67. The van der Waals surface area contributed by atoms with E-state index < -0.39 is 0 Å². The Morgan fingerprint density at radius 1 is 1.04 bits per heavy atom. The van der Waals surface area contributed by atoms with E-state index in [1.165, 1.54) is 11.8 Å². The molecule has 1 aromatic heterocycles. The van der Waals surface area contributed by atoms with Gasteiger partial charge in [0, 0.05) is 18.0 Å². The van der Waals surface area contributed by atoms with Crippen LogP contribution in [0.1, 0.15) is 15.9 Å². The lowest BCUT2D eigenvalue weighted by Gasteiger charge is -2.10. The Labute approximate surface area is 155 Å². The summed E-state index contributed by atoms with van der Waals surface area (Å²) in [7, 11) is 0. The van der Waals surface area contributed by atoms with Crippen molar-refractivity contribution in [3.05, 3.63) is 78.1 Å². The number of carbonyl (C=O) groups excluding carboxylic acids is 2. The van der Waals surface area contributed by atoms with Gasteiger partial charge in [-0.15, -0.1) is 0 Å².